The molecule has 1 unspecified atom stereocenters. The average Bonchev–Trinajstić information content (AvgIpc) is 2.39. The van der Waals surface area contributed by atoms with Crippen LogP contribution in [0.3, 0.4) is 0 Å². The van der Waals surface area contributed by atoms with Crippen molar-refractivity contribution in [1.82, 2.24) is 5.32 Å². The Labute approximate surface area is 130 Å². The molecule has 0 saturated heterocycles. The van der Waals surface area contributed by atoms with Gasteiger partial charge in [-0.25, -0.2) is 13.6 Å². The van der Waals surface area contributed by atoms with E-state index in [1.807, 2.05) is 13.8 Å². The lowest BCUT2D eigenvalue weighted by Crippen LogP contribution is -2.34. The Morgan fingerprint density at radius 3 is 2.48 bits per heavy atom. The summed E-state index contributed by atoms with van der Waals surface area (Å²) in [7, 11) is -3.91. The van der Waals surface area contributed by atoms with Crippen LogP contribution in [0.4, 0.5) is 0 Å². The molecular weight excluding hydrogens is 312 g/mol. The quantitative estimate of drug-likeness (QED) is 0.839. The summed E-state index contributed by atoms with van der Waals surface area (Å²) in [5.74, 6) is -0.333. The summed E-state index contributed by atoms with van der Waals surface area (Å²) in [6.07, 6.45) is 2.63. The van der Waals surface area contributed by atoms with Gasteiger partial charge in [-0.2, -0.15) is 0 Å². The smallest absolute Gasteiger partial charge is 0.251 e. The lowest BCUT2D eigenvalue weighted by Gasteiger charge is -2.17. The van der Waals surface area contributed by atoms with E-state index in [1.165, 1.54) is 12.1 Å². The van der Waals surface area contributed by atoms with Crippen LogP contribution in [0.5, 0.6) is 0 Å². The highest BCUT2D eigenvalue weighted by Gasteiger charge is 2.19. The molecule has 1 amide bonds. The van der Waals surface area contributed by atoms with Crippen molar-refractivity contribution in [3.63, 3.8) is 0 Å². The van der Waals surface area contributed by atoms with Gasteiger partial charge in [-0.1, -0.05) is 31.9 Å². The number of hydrogen-bond acceptors (Lipinski definition) is 3. The van der Waals surface area contributed by atoms with Crippen molar-refractivity contribution in [3.8, 4) is 0 Å². The minimum Gasteiger partial charge on any atom is -0.349 e. The molecule has 0 aliphatic rings. The van der Waals surface area contributed by atoms with Crippen molar-refractivity contribution in [3.05, 3.63) is 28.3 Å². The molecule has 0 radical (unpaired) electrons. The zero-order chi connectivity index (χ0) is 16.2. The molecule has 118 valence electrons. The van der Waals surface area contributed by atoms with Crippen molar-refractivity contribution < 1.29 is 13.2 Å². The summed E-state index contributed by atoms with van der Waals surface area (Å²) in [6, 6.07) is 2.58. The zero-order valence-electron chi connectivity index (χ0n) is 12.4. The Kier molecular flexibility index (Phi) is 6.19. The maximum absolute atomic E-state index is 12.3. The fraction of sp³-hybridized carbons (Fsp3) is 0.500. The van der Waals surface area contributed by atoms with Crippen LogP contribution in [0, 0.1) is 6.92 Å². The first-order valence-corrected chi connectivity index (χ1v) is 8.76. The minimum absolute atomic E-state index is 0.0545. The lowest BCUT2D eigenvalue weighted by molar-refractivity contribution is 0.0933. The van der Waals surface area contributed by atoms with E-state index < -0.39 is 10.0 Å². The summed E-state index contributed by atoms with van der Waals surface area (Å²) < 4.78 is 22.9. The van der Waals surface area contributed by atoms with Crippen LogP contribution >= 0.6 is 11.6 Å². The monoisotopic (exact) mass is 332 g/mol. The second kappa shape index (κ2) is 7.24. The van der Waals surface area contributed by atoms with E-state index in [2.05, 4.69) is 5.32 Å². The number of primary sulfonamides is 1. The van der Waals surface area contributed by atoms with Gasteiger partial charge in [0.1, 0.15) is 0 Å². The van der Waals surface area contributed by atoms with Crippen molar-refractivity contribution in [1.29, 1.82) is 0 Å². The van der Waals surface area contributed by atoms with Crippen molar-refractivity contribution in [2.24, 2.45) is 5.14 Å². The van der Waals surface area contributed by atoms with Gasteiger partial charge in [-0.15, -0.1) is 0 Å². The third kappa shape index (κ3) is 4.69. The molecule has 0 spiro atoms. The van der Waals surface area contributed by atoms with Crippen LogP contribution in [-0.4, -0.2) is 20.4 Å². The molecule has 0 heterocycles. The fourth-order valence-electron chi connectivity index (χ4n) is 2.04. The first-order valence-electron chi connectivity index (χ1n) is 6.84. The molecule has 0 saturated carbocycles. The number of halogens is 1. The number of rotatable bonds is 6. The number of sulfonamides is 1. The van der Waals surface area contributed by atoms with Gasteiger partial charge in [-0.3, -0.25) is 4.79 Å². The average molecular weight is 333 g/mol. The van der Waals surface area contributed by atoms with E-state index in [4.69, 9.17) is 16.7 Å². The van der Waals surface area contributed by atoms with Crippen LogP contribution in [0.1, 0.15) is 49.0 Å². The number of nitrogens with one attached hydrogen (secondary N) is 1. The second-order valence-corrected chi connectivity index (χ2v) is 6.96. The Hall–Kier alpha value is -1.11. The first kappa shape index (κ1) is 17.9. The molecular formula is C14H21ClN2O3S. The van der Waals surface area contributed by atoms with Gasteiger partial charge in [0.25, 0.3) is 5.91 Å². The van der Waals surface area contributed by atoms with Gasteiger partial charge in [0.15, 0.2) is 0 Å². The Bertz CT molecular complexity index is 629. The molecule has 0 aromatic heterocycles. The number of benzene rings is 1. The molecule has 5 nitrogen and oxygen atoms in total. The largest absolute Gasteiger partial charge is 0.349 e. The molecule has 7 heteroatoms. The zero-order valence-corrected chi connectivity index (χ0v) is 14.0. The van der Waals surface area contributed by atoms with Gasteiger partial charge in [-0.05, 0) is 37.5 Å². The topological polar surface area (TPSA) is 89.3 Å². The molecule has 0 bridgehead atoms. The van der Waals surface area contributed by atoms with E-state index in [-0.39, 0.29) is 27.4 Å². The Balaban J connectivity index is 3.17. The van der Waals surface area contributed by atoms with E-state index in [9.17, 15) is 13.2 Å². The summed E-state index contributed by atoms with van der Waals surface area (Å²) in [4.78, 5) is 12.2. The van der Waals surface area contributed by atoms with E-state index in [1.54, 1.807) is 6.92 Å². The molecule has 0 fully saturated rings. The van der Waals surface area contributed by atoms with Crippen LogP contribution in [0.25, 0.3) is 0 Å². The standard InChI is InChI=1S/C14H21ClN2O3S/c1-4-6-10(5-2)17-14(18)12-7-11(21(16,19)20)8-13(15)9(12)3/h7-8,10H,4-6H2,1-3H3,(H,17,18)(H2,16,19,20). The van der Waals surface area contributed by atoms with E-state index in [0.717, 1.165) is 19.3 Å². The molecule has 0 aliphatic heterocycles. The van der Waals surface area contributed by atoms with Crippen molar-refractivity contribution in [2.75, 3.05) is 0 Å². The van der Waals surface area contributed by atoms with Gasteiger partial charge in [0.05, 0.1) is 4.90 Å². The fourth-order valence-corrected chi connectivity index (χ4v) is 2.89. The van der Waals surface area contributed by atoms with E-state index in [0.29, 0.717) is 5.56 Å². The van der Waals surface area contributed by atoms with Gasteiger partial charge >= 0.3 is 0 Å². The summed E-state index contributed by atoms with van der Waals surface area (Å²) in [6.45, 7) is 5.70. The highest BCUT2D eigenvalue weighted by molar-refractivity contribution is 7.89. The van der Waals surface area contributed by atoms with Crippen LogP contribution in [0.2, 0.25) is 5.02 Å². The summed E-state index contributed by atoms with van der Waals surface area (Å²) in [5.41, 5.74) is 0.772. The highest BCUT2D eigenvalue weighted by atomic mass is 35.5. The van der Waals surface area contributed by atoms with Crippen LogP contribution in [0.15, 0.2) is 17.0 Å². The minimum atomic E-state index is -3.91. The Morgan fingerprint density at radius 2 is 2.00 bits per heavy atom. The second-order valence-electron chi connectivity index (χ2n) is 4.99. The normalized spacial score (nSPS) is 13.0. The van der Waals surface area contributed by atoms with Crippen LogP contribution < -0.4 is 10.5 Å². The number of nitrogens with two attached hydrogens (primary N) is 1. The first-order chi connectivity index (χ1) is 9.70. The molecule has 1 aromatic rings. The molecule has 21 heavy (non-hydrogen) atoms. The molecule has 1 aromatic carbocycles. The number of hydrogen-bond donors (Lipinski definition) is 2. The third-order valence-electron chi connectivity index (χ3n) is 3.36. The van der Waals surface area contributed by atoms with Gasteiger partial charge < -0.3 is 5.32 Å². The maximum atomic E-state index is 12.3. The number of carbonyl (C=O) groups is 1. The van der Waals surface area contributed by atoms with E-state index >= 15 is 0 Å². The van der Waals surface area contributed by atoms with Crippen molar-refractivity contribution >= 4 is 27.5 Å². The van der Waals surface area contributed by atoms with Gasteiger partial charge in [0.2, 0.25) is 10.0 Å². The Morgan fingerprint density at radius 1 is 1.38 bits per heavy atom. The number of amides is 1. The third-order valence-corrected chi connectivity index (χ3v) is 4.64. The summed E-state index contributed by atoms with van der Waals surface area (Å²) in [5, 5.41) is 8.20. The SMILES string of the molecule is CCCC(CC)NC(=O)c1cc(S(N)(=O)=O)cc(Cl)c1C. The van der Waals surface area contributed by atoms with Gasteiger partial charge in [0, 0.05) is 16.6 Å². The summed E-state index contributed by atoms with van der Waals surface area (Å²) >= 11 is 6.00. The predicted octanol–water partition coefficient (Wildman–Crippen LogP) is 2.60. The number of carbonyl (C=O) groups excluding carboxylic acids is 1. The van der Waals surface area contributed by atoms with Crippen LogP contribution in [-0.2, 0) is 10.0 Å². The lowest BCUT2D eigenvalue weighted by atomic mass is 10.1. The molecule has 0 aliphatic carbocycles. The highest BCUT2D eigenvalue weighted by Crippen LogP contribution is 2.24. The molecule has 3 N–H and O–H groups in total. The molecule has 1 rings (SSSR count). The maximum Gasteiger partial charge on any atom is 0.251 e. The molecule has 1 atom stereocenters. The van der Waals surface area contributed by atoms with Crippen molar-refractivity contribution in [2.45, 2.75) is 51.0 Å². The predicted molar refractivity (Wildman–Crippen MR) is 84.0 cm³/mol.